The van der Waals surface area contributed by atoms with Crippen LogP contribution in [-0.4, -0.2) is 34.6 Å². The molecule has 1 aromatic carbocycles. The number of rotatable bonds is 5. The molecule has 0 heterocycles. The Morgan fingerprint density at radius 3 is 2.33 bits per heavy atom. The van der Waals surface area contributed by atoms with E-state index < -0.39 is 47.7 Å². The minimum Gasteiger partial charge on any atom is -0.480 e. The summed E-state index contributed by atoms with van der Waals surface area (Å²) in [5, 5.41) is 10.8. The van der Waals surface area contributed by atoms with Gasteiger partial charge in [-0.3, -0.25) is 4.79 Å². The Bertz CT molecular complexity index is 552. The van der Waals surface area contributed by atoms with E-state index in [4.69, 9.17) is 5.11 Å². The molecule has 1 aromatic rings. The maximum atomic E-state index is 13.4. The fourth-order valence-electron chi connectivity index (χ4n) is 1.60. The van der Waals surface area contributed by atoms with Gasteiger partial charge in [-0.15, -0.1) is 0 Å². The van der Waals surface area contributed by atoms with Gasteiger partial charge in [0.2, 0.25) is 0 Å². The number of carboxylic acid groups (broad SMARTS) is 1. The Labute approximate surface area is 119 Å². The zero-order chi connectivity index (χ0) is 16.2. The number of benzene rings is 1. The number of carbonyl (C=O) groups is 2. The average molecular weight is 304 g/mol. The van der Waals surface area contributed by atoms with Crippen LogP contribution < -0.4 is 5.32 Å². The predicted octanol–water partition coefficient (Wildman–Crippen LogP) is 2.82. The van der Waals surface area contributed by atoms with Gasteiger partial charge in [0.1, 0.15) is 12.4 Å². The van der Waals surface area contributed by atoms with Crippen molar-refractivity contribution < 1.29 is 27.9 Å². The predicted molar refractivity (Wildman–Crippen MR) is 69.4 cm³/mol. The first-order valence-electron chi connectivity index (χ1n) is 6.20. The quantitative estimate of drug-likeness (QED) is 0.822. The van der Waals surface area contributed by atoms with Crippen molar-refractivity contribution in [3.63, 3.8) is 0 Å². The van der Waals surface area contributed by atoms with Gasteiger partial charge >= 0.3 is 12.0 Å². The first-order valence-corrected chi connectivity index (χ1v) is 6.20. The molecule has 0 aliphatic rings. The van der Waals surface area contributed by atoms with Crippen LogP contribution in [0.1, 0.15) is 20.3 Å². The van der Waals surface area contributed by atoms with E-state index in [1.165, 1.54) is 0 Å². The van der Waals surface area contributed by atoms with Crippen molar-refractivity contribution in [2.45, 2.75) is 26.3 Å². The summed E-state index contributed by atoms with van der Waals surface area (Å²) < 4.78 is 39.3. The van der Waals surface area contributed by atoms with Gasteiger partial charge in [0, 0.05) is 18.2 Å². The summed E-state index contributed by atoms with van der Waals surface area (Å²) >= 11 is 0. The second-order valence-corrected chi connectivity index (χ2v) is 4.46. The van der Waals surface area contributed by atoms with E-state index in [-0.39, 0.29) is 0 Å². The summed E-state index contributed by atoms with van der Waals surface area (Å²) in [4.78, 5) is 23.7. The largest absolute Gasteiger partial charge is 0.480 e. The van der Waals surface area contributed by atoms with E-state index in [2.05, 4.69) is 0 Å². The zero-order valence-corrected chi connectivity index (χ0v) is 11.5. The lowest BCUT2D eigenvalue weighted by atomic mass is 10.2. The normalized spacial score (nSPS) is 11.9. The maximum absolute atomic E-state index is 13.4. The van der Waals surface area contributed by atoms with E-state index in [0.717, 1.165) is 4.90 Å². The van der Waals surface area contributed by atoms with Crippen molar-refractivity contribution in [1.29, 1.82) is 0 Å². The molecule has 1 atom stereocenters. The number of anilines is 1. The molecule has 5 nitrogen and oxygen atoms in total. The fraction of sp³-hybridized carbons (Fsp3) is 0.385. The van der Waals surface area contributed by atoms with Crippen molar-refractivity contribution >= 4 is 17.7 Å². The highest BCUT2D eigenvalue weighted by Crippen LogP contribution is 2.19. The van der Waals surface area contributed by atoms with Crippen molar-refractivity contribution in [3.05, 3.63) is 29.6 Å². The van der Waals surface area contributed by atoms with E-state index in [0.29, 0.717) is 18.6 Å². The highest BCUT2D eigenvalue weighted by molar-refractivity contribution is 5.91. The van der Waals surface area contributed by atoms with Crippen molar-refractivity contribution in [1.82, 2.24) is 4.90 Å². The van der Waals surface area contributed by atoms with Crippen LogP contribution in [0.3, 0.4) is 0 Å². The van der Waals surface area contributed by atoms with Gasteiger partial charge in [-0.05, 0) is 13.3 Å². The third-order valence-corrected chi connectivity index (χ3v) is 2.94. The third-order valence-electron chi connectivity index (χ3n) is 2.94. The molecular weight excluding hydrogens is 289 g/mol. The van der Waals surface area contributed by atoms with Crippen molar-refractivity contribution in [2.24, 2.45) is 0 Å². The molecule has 0 saturated heterocycles. The number of carboxylic acids is 1. The Balaban J connectivity index is 2.96. The van der Waals surface area contributed by atoms with Gasteiger partial charge in [0.25, 0.3) is 0 Å². The van der Waals surface area contributed by atoms with Gasteiger partial charge in [-0.25, -0.2) is 18.0 Å². The summed E-state index contributed by atoms with van der Waals surface area (Å²) in [6.45, 7) is 2.77. The molecule has 1 unspecified atom stereocenters. The molecule has 0 saturated carbocycles. The Kier molecular flexibility index (Phi) is 5.57. The smallest absolute Gasteiger partial charge is 0.323 e. The maximum Gasteiger partial charge on any atom is 0.323 e. The molecule has 8 heteroatoms. The minimum atomic E-state index is -1.38. The minimum absolute atomic E-state index is 0.301. The highest BCUT2D eigenvalue weighted by atomic mass is 19.2. The van der Waals surface area contributed by atoms with Gasteiger partial charge < -0.3 is 15.3 Å². The average Bonchev–Trinajstić information content (AvgIpc) is 2.41. The lowest BCUT2D eigenvalue weighted by molar-refractivity contribution is -0.138. The molecule has 0 bridgehead atoms. The topological polar surface area (TPSA) is 69.6 Å². The standard InChI is InChI=1S/C13H15F3N2O3/c1-3-7(2)18(6-12(19)20)13(21)17-11-5-9(15)8(14)4-10(11)16/h4-5,7H,3,6H2,1-2H3,(H,17,21)(H,19,20). The van der Waals surface area contributed by atoms with Crippen LogP contribution in [0.5, 0.6) is 0 Å². The van der Waals surface area contributed by atoms with E-state index in [1.54, 1.807) is 13.8 Å². The van der Waals surface area contributed by atoms with Crippen LogP contribution in [0.25, 0.3) is 0 Å². The summed E-state index contributed by atoms with van der Waals surface area (Å²) in [5.41, 5.74) is -0.558. The highest BCUT2D eigenvalue weighted by Gasteiger charge is 2.23. The van der Waals surface area contributed by atoms with Gasteiger partial charge in [0.05, 0.1) is 5.69 Å². The van der Waals surface area contributed by atoms with Gasteiger partial charge in [0.15, 0.2) is 11.6 Å². The zero-order valence-electron chi connectivity index (χ0n) is 11.5. The molecule has 21 heavy (non-hydrogen) atoms. The SMILES string of the molecule is CCC(C)N(CC(=O)O)C(=O)Nc1cc(F)c(F)cc1F. The van der Waals surface area contributed by atoms with Crippen LogP contribution in [0, 0.1) is 17.5 Å². The molecule has 1 rings (SSSR count). The molecule has 0 aliphatic heterocycles. The number of urea groups is 1. The number of hydrogen-bond acceptors (Lipinski definition) is 2. The molecule has 0 aromatic heterocycles. The van der Waals surface area contributed by atoms with Crippen LogP contribution in [0.2, 0.25) is 0 Å². The molecule has 116 valence electrons. The van der Waals surface area contributed by atoms with E-state index in [9.17, 15) is 22.8 Å². The molecule has 0 fully saturated rings. The monoisotopic (exact) mass is 304 g/mol. The number of aliphatic carboxylic acids is 1. The van der Waals surface area contributed by atoms with Gasteiger partial charge in [-0.1, -0.05) is 6.92 Å². The third kappa shape index (κ3) is 4.37. The number of amides is 2. The van der Waals surface area contributed by atoms with Gasteiger partial charge in [-0.2, -0.15) is 0 Å². The number of hydrogen-bond donors (Lipinski definition) is 2. The Hall–Kier alpha value is -2.25. The molecule has 0 aliphatic carbocycles. The number of nitrogens with zero attached hydrogens (tertiary/aromatic N) is 1. The first kappa shape index (κ1) is 16.8. The fourth-order valence-corrected chi connectivity index (χ4v) is 1.60. The van der Waals surface area contributed by atoms with Crippen molar-refractivity contribution in [3.8, 4) is 0 Å². The Morgan fingerprint density at radius 2 is 1.81 bits per heavy atom. The molecular formula is C13H15F3N2O3. The second kappa shape index (κ2) is 6.96. The molecule has 0 radical (unpaired) electrons. The van der Waals surface area contributed by atoms with E-state index >= 15 is 0 Å². The Morgan fingerprint density at radius 1 is 1.24 bits per heavy atom. The lowest BCUT2D eigenvalue weighted by Gasteiger charge is -2.27. The molecule has 2 N–H and O–H groups in total. The van der Waals surface area contributed by atoms with Crippen LogP contribution in [0.4, 0.5) is 23.7 Å². The summed E-state index contributed by atoms with van der Waals surface area (Å²) in [7, 11) is 0. The van der Waals surface area contributed by atoms with Crippen molar-refractivity contribution in [2.75, 3.05) is 11.9 Å². The van der Waals surface area contributed by atoms with E-state index in [1.807, 2.05) is 5.32 Å². The summed E-state index contributed by atoms with van der Waals surface area (Å²) in [6.07, 6.45) is 0.473. The first-order chi connectivity index (χ1) is 9.76. The van der Waals surface area contributed by atoms with Crippen LogP contribution in [0.15, 0.2) is 12.1 Å². The second-order valence-electron chi connectivity index (χ2n) is 4.46. The number of nitrogens with one attached hydrogen (secondary N) is 1. The number of carbonyl (C=O) groups excluding carboxylic acids is 1. The number of halogens is 3. The molecule has 0 spiro atoms. The van der Waals surface area contributed by atoms with Crippen LogP contribution >= 0.6 is 0 Å². The van der Waals surface area contributed by atoms with Crippen LogP contribution in [-0.2, 0) is 4.79 Å². The summed E-state index contributed by atoms with van der Waals surface area (Å²) in [5.74, 6) is -5.09. The summed E-state index contributed by atoms with van der Waals surface area (Å²) in [6, 6.07) is -0.528. The lowest BCUT2D eigenvalue weighted by Crippen LogP contribution is -2.44. The molecule has 2 amide bonds.